The van der Waals surface area contributed by atoms with E-state index in [9.17, 15) is 0 Å². The SMILES string of the molecule is Nc1cc(Cl)ccc1-n1cc(-c2cccc(Cl)c2)cn1. The van der Waals surface area contributed by atoms with E-state index in [1.54, 1.807) is 23.0 Å². The molecule has 3 nitrogen and oxygen atoms in total. The molecule has 2 N–H and O–H groups in total. The quantitative estimate of drug-likeness (QED) is 0.712. The number of nitrogens with zero attached hydrogens (tertiary/aromatic N) is 2. The van der Waals surface area contributed by atoms with Crippen molar-refractivity contribution in [1.29, 1.82) is 0 Å². The van der Waals surface area contributed by atoms with E-state index in [1.807, 2.05) is 36.5 Å². The molecule has 0 unspecified atom stereocenters. The predicted octanol–water partition coefficient (Wildman–Crippen LogP) is 4.43. The molecule has 3 rings (SSSR count). The maximum Gasteiger partial charge on any atom is 0.0876 e. The van der Waals surface area contributed by atoms with Crippen LogP contribution in [0.5, 0.6) is 0 Å². The van der Waals surface area contributed by atoms with Crippen LogP contribution >= 0.6 is 23.2 Å². The first-order chi connectivity index (χ1) is 9.63. The molecule has 0 atom stereocenters. The zero-order valence-electron chi connectivity index (χ0n) is 10.4. The largest absolute Gasteiger partial charge is 0.397 e. The zero-order chi connectivity index (χ0) is 14.1. The smallest absolute Gasteiger partial charge is 0.0876 e. The summed E-state index contributed by atoms with van der Waals surface area (Å²) < 4.78 is 1.72. The van der Waals surface area contributed by atoms with E-state index in [-0.39, 0.29) is 0 Å². The van der Waals surface area contributed by atoms with Crippen molar-refractivity contribution in [1.82, 2.24) is 9.78 Å². The fourth-order valence-corrected chi connectivity index (χ4v) is 2.38. The second-order valence-corrected chi connectivity index (χ2v) is 5.26. The summed E-state index contributed by atoms with van der Waals surface area (Å²) >= 11 is 11.9. The molecule has 3 aromatic rings. The Hall–Kier alpha value is -1.97. The number of hydrogen-bond donors (Lipinski definition) is 1. The number of nitrogen functional groups attached to an aromatic ring is 1. The molecule has 0 aliphatic heterocycles. The molecule has 0 saturated heterocycles. The van der Waals surface area contributed by atoms with Gasteiger partial charge in [0.1, 0.15) is 0 Å². The van der Waals surface area contributed by atoms with Crippen LogP contribution in [-0.4, -0.2) is 9.78 Å². The molecule has 2 aromatic carbocycles. The van der Waals surface area contributed by atoms with Gasteiger partial charge in [0.15, 0.2) is 0 Å². The lowest BCUT2D eigenvalue weighted by Crippen LogP contribution is -1.99. The van der Waals surface area contributed by atoms with Crippen molar-refractivity contribution >= 4 is 28.9 Å². The molecule has 5 heteroatoms. The Morgan fingerprint density at radius 2 is 1.75 bits per heavy atom. The third-order valence-corrected chi connectivity index (χ3v) is 3.45. The van der Waals surface area contributed by atoms with Gasteiger partial charge in [0.2, 0.25) is 0 Å². The van der Waals surface area contributed by atoms with Crippen LogP contribution in [0.25, 0.3) is 16.8 Å². The Balaban J connectivity index is 2.02. The monoisotopic (exact) mass is 303 g/mol. The number of hydrogen-bond acceptors (Lipinski definition) is 2. The van der Waals surface area contributed by atoms with E-state index in [1.165, 1.54) is 0 Å². The van der Waals surface area contributed by atoms with E-state index < -0.39 is 0 Å². The van der Waals surface area contributed by atoms with Crippen molar-refractivity contribution in [3.05, 3.63) is 64.9 Å². The molecule has 0 radical (unpaired) electrons. The lowest BCUT2D eigenvalue weighted by atomic mass is 10.1. The summed E-state index contributed by atoms with van der Waals surface area (Å²) in [6.07, 6.45) is 3.69. The summed E-state index contributed by atoms with van der Waals surface area (Å²) in [5, 5.41) is 5.63. The van der Waals surface area contributed by atoms with Crippen molar-refractivity contribution in [2.45, 2.75) is 0 Å². The van der Waals surface area contributed by atoms with Gasteiger partial charge in [-0.15, -0.1) is 0 Å². The fourth-order valence-electron chi connectivity index (χ4n) is 2.01. The number of benzene rings is 2. The van der Waals surface area contributed by atoms with Gasteiger partial charge >= 0.3 is 0 Å². The van der Waals surface area contributed by atoms with Crippen LogP contribution < -0.4 is 5.73 Å². The molecule has 0 amide bonds. The van der Waals surface area contributed by atoms with E-state index in [0.29, 0.717) is 15.7 Å². The number of nitrogens with two attached hydrogens (primary N) is 1. The van der Waals surface area contributed by atoms with E-state index >= 15 is 0 Å². The number of halogens is 2. The van der Waals surface area contributed by atoms with Crippen LogP contribution in [0.1, 0.15) is 0 Å². The first-order valence-corrected chi connectivity index (χ1v) is 6.75. The Morgan fingerprint density at radius 3 is 2.50 bits per heavy atom. The summed E-state index contributed by atoms with van der Waals surface area (Å²) in [7, 11) is 0. The third-order valence-electron chi connectivity index (χ3n) is 2.98. The van der Waals surface area contributed by atoms with Crippen LogP contribution in [0.2, 0.25) is 10.0 Å². The van der Waals surface area contributed by atoms with Crippen molar-refractivity contribution < 1.29 is 0 Å². The first kappa shape index (κ1) is 13.0. The molecular weight excluding hydrogens is 293 g/mol. The normalized spacial score (nSPS) is 10.7. The molecule has 1 heterocycles. The van der Waals surface area contributed by atoms with Gasteiger partial charge in [-0.2, -0.15) is 5.10 Å². The summed E-state index contributed by atoms with van der Waals surface area (Å²) in [5.41, 5.74) is 9.32. The van der Waals surface area contributed by atoms with Crippen molar-refractivity contribution in [3.8, 4) is 16.8 Å². The Labute approximate surface area is 126 Å². The van der Waals surface area contributed by atoms with Gasteiger partial charge in [0.05, 0.1) is 17.6 Å². The average molecular weight is 304 g/mol. The highest BCUT2D eigenvalue weighted by Gasteiger charge is 2.07. The minimum atomic E-state index is 0.582. The topological polar surface area (TPSA) is 43.8 Å². The lowest BCUT2D eigenvalue weighted by molar-refractivity contribution is 0.883. The molecule has 0 bridgehead atoms. The highest BCUT2D eigenvalue weighted by molar-refractivity contribution is 6.31. The van der Waals surface area contributed by atoms with Crippen LogP contribution in [0.15, 0.2) is 54.9 Å². The molecule has 0 fully saturated rings. The molecule has 100 valence electrons. The summed E-state index contributed by atoms with van der Waals surface area (Å²) in [5.74, 6) is 0. The second-order valence-electron chi connectivity index (χ2n) is 4.39. The maximum atomic E-state index is 6.00. The second kappa shape index (κ2) is 5.19. The Bertz CT molecular complexity index is 765. The average Bonchev–Trinajstić information content (AvgIpc) is 2.88. The third kappa shape index (κ3) is 2.50. The highest BCUT2D eigenvalue weighted by Crippen LogP contribution is 2.25. The number of anilines is 1. The van der Waals surface area contributed by atoms with Crippen molar-refractivity contribution in [2.75, 3.05) is 5.73 Å². The molecule has 0 aliphatic rings. The van der Waals surface area contributed by atoms with E-state index in [0.717, 1.165) is 16.8 Å². The van der Waals surface area contributed by atoms with Crippen LogP contribution in [0.3, 0.4) is 0 Å². The zero-order valence-corrected chi connectivity index (χ0v) is 11.9. The van der Waals surface area contributed by atoms with Gasteiger partial charge in [0, 0.05) is 21.8 Å². The molecule has 0 aliphatic carbocycles. The van der Waals surface area contributed by atoms with Crippen molar-refractivity contribution in [3.63, 3.8) is 0 Å². The maximum absolute atomic E-state index is 6.00. The molecule has 0 spiro atoms. The first-order valence-electron chi connectivity index (χ1n) is 5.99. The number of rotatable bonds is 2. The van der Waals surface area contributed by atoms with Crippen LogP contribution in [-0.2, 0) is 0 Å². The van der Waals surface area contributed by atoms with Gasteiger partial charge < -0.3 is 5.73 Å². The number of aromatic nitrogens is 2. The van der Waals surface area contributed by atoms with Crippen molar-refractivity contribution in [2.24, 2.45) is 0 Å². The van der Waals surface area contributed by atoms with E-state index in [2.05, 4.69) is 5.10 Å². The standard InChI is InChI=1S/C15H11Cl2N3/c16-12-3-1-2-10(6-12)11-8-19-20(9-11)15-5-4-13(17)7-14(15)18/h1-9H,18H2. The summed E-state index contributed by atoms with van der Waals surface area (Å²) in [6.45, 7) is 0. The minimum absolute atomic E-state index is 0.582. The van der Waals surface area contributed by atoms with Gasteiger partial charge in [-0.1, -0.05) is 35.3 Å². The summed E-state index contributed by atoms with van der Waals surface area (Å²) in [4.78, 5) is 0. The van der Waals surface area contributed by atoms with Gasteiger partial charge in [-0.25, -0.2) is 4.68 Å². The predicted molar refractivity (Wildman–Crippen MR) is 83.4 cm³/mol. The molecule has 0 saturated carbocycles. The Morgan fingerprint density at radius 1 is 0.950 bits per heavy atom. The highest BCUT2D eigenvalue weighted by atomic mass is 35.5. The van der Waals surface area contributed by atoms with Crippen LogP contribution in [0, 0.1) is 0 Å². The summed E-state index contributed by atoms with van der Waals surface area (Å²) in [6, 6.07) is 13.0. The lowest BCUT2D eigenvalue weighted by Gasteiger charge is -2.05. The minimum Gasteiger partial charge on any atom is -0.397 e. The fraction of sp³-hybridized carbons (Fsp3) is 0. The molecule has 1 aromatic heterocycles. The van der Waals surface area contributed by atoms with Gasteiger partial charge in [0.25, 0.3) is 0 Å². The van der Waals surface area contributed by atoms with Gasteiger partial charge in [-0.05, 0) is 35.9 Å². The van der Waals surface area contributed by atoms with E-state index in [4.69, 9.17) is 28.9 Å². The van der Waals surface area contributed by atoms with Gasteiger partial charge in [-0.3, -0.25) is 0 Å². The molecule has 20 heavy (non-hydrogen) atoms. The Kier molecular flexibility index (Phi) is 3.38. The molecular formula is C15H11Cl2N3. The van der Waals surface area contributed by atoms with Crippen LogP contribution in [0.4, 0.5) is 5.69 Å².